The summed E-state index contributed by atoms with van der Waals surface area (Å²) in [4.78, 5) is 11.7. The van der Waals surface area contributed by atoms with Gasteiger partial charge >= 0.3 is 0 Å². The molecule has 0 saturated heterocycles. The number of phenols is 1. The van der Waals surface area contributed by atoms with Crippen molar-refractivity contribution >= 4 is 5.91 Å². The van der Waals surface area contributed by atoms with Gasteiger partial charge in [-0.3, -0.25) is 4.79 Å². The Balaban J connectivity index is 1.73. The number of aryl methyl sites for hydroxylation is 1. The molecule has 0 saturated carbocycles. The van der Waals surface area contributed by atoms with Crippen LogP contribution < -0.4 is 5.32 Å². The van der Waals surface area contributed by atoms with E-state index in [2.05, 4.69) is 15.5 Å². The third-order valence-electron chi connectivity index (χ3n) is 2.80. The van der Waals surface area contributed by atoms with Crippen molar-refractivity contribution < 1.29 is 14.3 Å². The smallest absolute Gasteiger partial charge is 0.255 e. The van der Waals surface area contributed by atoms with Gasteiger partial charge in [0.1, 0.15) is 24.2 Å². The van der Waals surface area contributed by atoms with E-state index in [1.165, 1.54) is 0 Å². The van der Waals surface area contributed by atoms with E-state index in [4.69, 9.17) is 0 Å². The Morgan fingerprint density at radius 1 is 1.30 bits per heavy atom. The second-order valence-electron chi connectivity index (χ2n) is 4.32. The number of phenolic OH excluding ortho intramolecular Hbond substituents is 1. The van der Waals surface area contributed by atoms with Gasteiger partial charge in [0.2, 0.25) is 0 Å². The van der Waals surface area contributed by atoms with Crippen LogP contribution in [0.1, 0.15) is 23.2 Å². The number of aromatic hydroxyl groups is 1. The molecular weight excluding hydrogens is 263 g/mol. The van der Waals surface area contributed by atoms with Gasteiger partial charge in [-0.1, -0.05) is 0 Å². The molecule has 0 radical (unpaired) electrons. The molecule has 1 aromatic heterocycles. The van der Waals surface area contributed by atoms with Crippen molar-refractivity contribution in [2.24, 2.45) is 0 Å². The number of rotatable bonds is 6. The van der Waals surface area contributed by atoms with Crippen LogP contribution in [0.5, 0.6) is 5.75 Å². The molecule has 0 aliphatic heterocycles. The van der Waals surface area contributed by atoms with Crippen molar-refractivity contribution in [2.45, 2.75) is 19.4 Å². The third-order valence-corrected chi connectivity index (χ3v) is 2.80. The van der Waals surface area contributed by atoms with Gasteiger partial charge in [-0.15, -0.1) is 10.2 Å². The van der Waals surface area contributed by atoms with Crippen molar-refractivity contribution in [3.05, 3.63) is 42.2 Å². The van der Waals surface area contributed by atoms with Crippen LogP contribution in [0.25, 0.3) is 0 Å². The van der Waals surface area contributed by atoms with Gasteiger partial charge in [0.05, 0.1) is 5.56 Å². The summed E-state index contributed by atoms with van der Waals surface area (Å²) in [5.74, 6) is -1.26. The lowest BCUT2D eigenvalue weighted by Crippen LogP contribution is -2.24. The minimum atomic E-state index is -0.555. The number of hydrogen-bond donors (Lipinski definition) is 2. The molecule has 7 heteroatoms. The fourth-order valence-corrected chi connectivity index (χ4v) is 1.74. The first-order valence-electron chi connectivity index (χ1n) is 6.26. The number of hydrogen-bond acceptors (Lipinski definition) is 4. The summed E-state index contributed by atoms with van der Waals surface area (Å²) in [5, 5.41) is 19.5. The molecule has 2 N–H and O–H groups in total. The molecule has 2 rings (SSSR count). The minimum Gasteiger partial charge on any atom is -0.507 e. The maximum absolute atomic E-state index is 13.0. The van der Waals surface area contributed by atoms with Crippen molar-refractivity contribution in [3.63, 3.8) is 0 Å². The molecule has 0 bridgehead atoms. The minimum absolute atomic E-state index is 0.0520. The van der Waals surface area contributed by atoms with E-state index >= 15 is 0 Å². The zero-order valence-corrected chi connectivity index (χ0v) is 10.8. The number of halogens is 1. The predicted molar refractivity (Wildman–Crippen MR) is 69.7 cm³/mol. The zero-order valence-electron chi connectivity index (χ0n) is 10.8. The monoisotopic (exact) mass is 278 g/mol. The Labute approximate surface area is 115 Å². The first kappa shape index (κ1) is 14.0. The number of benzene rings is 1. The van der Waals surface area contributed by atoms with Crippen LogP contribution in [-0.2, 0) is 6.54 Å². The van der Waals surface area contributed by atoms with Gasteiger partial charge in [-0.25, -0.2) is 4.39 Å². The van der Waals surface area contributed by atoms with Crippen LogP contribution in [0, 0.1) is 5.82 Å². The normalized spacial score (nSPS) is 10.4. The molecule has 0 aliphatic carbocycles. The highest BCUT2D eigenvalue weighted by molar-refractivity contribution is 5.96. The van der Waals surface area contributed by atoms with Gasteiger partial charge in [0.15, 0.2) is 0 Å². The van der Waals surface area contributed by atoms with E-state index in [9.17, 15) is 14.3 Å². The van der Waals surface area contributed by atoms with E-state index in [0.29, 0.717) is 6.54 Å². The van der Waals surface area contributed by atoms with Crippen molar-refractivity contribution in [1.29, 1.82) is 0 Å². The summed E-state index contributed by atoms with van der Waals surface area (Å²) >= 11 is 0. The largest absolute Gasteiger partial charge is 0.507 e. The molecule has 2 aromatic rings. The van der Waals surface area contributed by atoms with Crippen LogP contribution >= 0.6 is 0 Å². The Kier molecular flexibility index (Phi) is 4.65. The number of nitrogens with zero attached hydrogens (tertiary/aromatic N) is 3. The highest BCUT2D eigenvalue weighted by Crippen LogP contribution is 2.17. The number of aromatic nitrogens is 3. The standard InChI is InChI=1S/C13H15FN4O2/c14-10-3-4-12(19)11(7-10)13(20)15-5-1-2-6-18-8-16-17-9-18/h3-4,7-9,19H,1-2,5-6H2,(H,15,20). The van der Waals surface area contributed by atoms with Gasteiger partial charge in [-0.05, 0) is 31.0 Å². The first-order chi connectivity index (χ1) is 9.66. The molecule has 1 aromatic carbocycles. The quantitative estimate of drug-likeness (QED) is 0.781. The second kappa shape index (κ2) is 6.65. The van der Waals surface area contributed by atoms with Gasteiger partial charge in [0.25, 0.3) is 5.91 Å². The molecule has 0 fully saturated rings. The maximum atomic E-state index is 13.0. The average Bonchev–Trinajstić information content (AvgIpc) is 2.94. The number of unbranched alkanes of at least 4 members (excludes halogenated alkanes) is 1. The van der Waals surface area contributed by atoms with Crippen LogP contribution in [-0.4, -0.2) is 32.3 Å². The number of carbonyl (C=O) groups is 1. The number of carbonyl (C=O) groups excluding carboxylic acids is 1. The lowest BCUT2D eigenvalue weighted by Gasteiger charge is -2.07. The number of nitrogens with one attached hydrogen (secondary N) is 1. The SMILES string of the molecule is O=C(NCCCCn1cnnc1)c1cc(F)ccc1O. The van der Waals surface area contributed by atoms with Crippen molar-refractivity contribution in [1.82, 2.24) is 20.1 Å². The van der Waals surface area contributed by atoms with E-state index < -0.39 is 11.7 Å². The molecule has 0 unspecified atom stereocenters. The predicted octanol–water partition coefficient (Wildman–Crippen LogP) is 1.33. The topological polar surface area (TPSA) is 80.0 Å². The summed E-state index contributed by atoms with van der Waals surface area (Å²) in [6.07, 6.45) is 4.88. The molecule has 1 heterocycles. The average molecular weight is 278 g/mol. The summed E-state index contributed by atoms with van der Waals surface area (Å²) in [6.45, 7) is 1.23. The molecular formula is C13H15FN4O2. The fraction of sp³-hybridized carbons (Fsp3) is 0.308. The first-order valence-corrected chi connectivity index (χ1v) is 6.26. The Morgan fingerprint density at radius 3 is 2.80 bits per heavy atom. The summed E-state index contributed by atoms with van der Waals surface area (Å²) in [6, 6.07) is 3.28. The van der Waals surface area contributed by atoms with Crippen LogP contribution in [0.4, 0.5) is 4.39 Å². The lowest BCUT2D eigenvalue weighted by atomic mass is 10.2. The number of amides is 1. The van der Waals surface area contributed by atoms with E-state index in [1.54, 1.807) is 12.7 Å². The Bertz CT molecular complexity index is 572. The molecule has 106 valence electrons. The fourth-order valence-electron chi connectivity index (χ4n) is 1.74. The van der Waals surface area contributed by atoms with Crippen molar-refractivity contribution in [3.8, 4) is 5.75 Å². The van der Waals surface area contributed by atoms with Crippen molar-refractivity contribution in [2.75, 3.05) is 6.54 Å². The summed E-state index contributed by atoms with van der Waals surface area (Å²) in [5.41, 5.74) is -0.0520. The lowest BCUT2D eigenvalue weighted by molar-refractivity contribution is 0.0949. The Hall–Kier alpha value is -2.44. The van der Waals surface area contributed by atoms with Crippen LogP contribution in [0.3, 0.4) is 0 Å². The highest BCUT2D eigenvalue weighted by Gasteiger charge is 2.11. The van der Waals surface area contributed by atoms with Gasteiger partial charge in [-0.2, -0.15) is 0 Å². The molecule has 20 heavy (non-hydrogen) atoms. The van der Waals surface area contributed by atoms with E-state index in [-0.39, 0.29) is 11.3 Å². The zero-order chi connectivity index (χ0) is 14.4. The van der Waals surface area contributed by atoms with Gasteiger partial charge in [0, 0.05) is 13.1 Å². The second-order valence-corrected chi connectivity index (χ2v) is 4.32. The molecule has 0 aliphatic rings. The van der Waals surface area contributed by atoms with Gasteiger partial charge < -0.3 is 15.0 Å². The van der Waals surface area contributed by atoms with Crippen LogP contribution in [0.2, 0.25) is 0 Å². The van der Waals surface area contributed by atoms with Crippen LogP contribution in [0.15, 0.2) is 30.9 Å². The molecule has 0 spiro atoms. The van der Waals surface area contributed by atoms with E-state index in [1.807, 2.05) is 4.57 Å². The molecule has 1 amide bonds. The Morgan fingerprint density at radius 2 is 2.05 bits per heavy atom. The third kappa shape index (κ3) is 3.78. The molecule has 6 nitrogen and oxygen atoms in total. The van der Waals surface area contributed by atoms with E-state index in [0.717, 1.165) is 37.6 Å². The highest BCUT2D eigenvalue weighted by atomic mass is 19.1. The summed E-state index contributed by atoms with van der Waals surface area (Å²) in [7, 11) is 0. The maximum Gasteiger partial charge on any atom is 0.255 e. The molecule has 0 atom stereocenters. The summed E-state index contributed by atoms with van der Waals surface area (Å²) < 4.78 is 14.8.